The predicted octanol–water partition coefficient (Wildman–Crippen LogP) is 3.61. The number of fused-ring (bicyclic) bond motifs is 1. The Morgan fingerprint density at radius 1 is 1.10 bits per heavy atom. The first-order valence-corrected chi connectivity index (χ1v) is 10.3. The molecule has 3 rings (SSSR count). The summed E-state index contributed by atoms with van der Waals surface area (Å²) in [4.78, 5) is 27.6. The molecule has 160 valence electrons. The SMILES string of the molecule is COc1ccc(CCNC(=O)[C@@H]2c3ccccc3C(=O)N2CCC(C)C)cc1OC. The monoisotopic (exact) mass is 410 g/mol. The van der Waals surface area contributed by atoms with Crippen molar-refractivity contribution in [3.05, 3.63) is 59.2 Å². The van der Waals surface area contributed by atoms with Crippen LogP contribution < -0.4 is 14.8 Å². The van der Waals surface area contributed by atoms with E-state index in [4.69, 9.17) is 9.47 Å². The minimum atomic E-state index is -0.571. The van der Waals surface area contributed by atoms with Crippen molar-refractivity contribution in [2.24, 2.45) is 5.92 Å². The summed E-state index contributed by atoms with van der Waals surface area (Å²) in [6, 6.07) is 12.5. The Labute approximate surface area is 178 Å². The number of carbonyl (C=O) groups excluding carboxylic acids is 2. The van der Waals surface area contributed by atoms with Crippen LogP contribution in [0.4, 0.5) is 0 Å². The molecule has 0 radical (unpaired) electrons. The van der Waals surface area contributed by atoms with Crippen LogP contribution in [0.1, 0.15) is 47.8 Å². The summed E-state index contributed by atoms with van der Waals surface area (Å²) in [6.45, 7) is 5.27. The first-order chi connectivity index (χ1) is 14.5. The molecule has 0 unspecified atom stereocenters. The molecule has 1 aliphatic rings. The van der Waals surface area contributed by atoms with Gasteiger partial charge >= 0.3 is 0 Å². The second kappa shape index (κ2) is 9.65. The van der Waals surface area contributed by atoms with Gasteiger partial charge in [0.25, 0.3) is 5.91 Å². The molecule has 1 heterocycles. The van der Waals surface area contributed by atoms with Gasteiger partial charge in [-0.3, -0.25) is 9.59 Å². The fraction of sp³-hybridized carbons (Fsp3) is 0.417. The van der Waals surface area contributed by atoms with E-state index in [2.05, 4.69) is 19.2 Å². The molecule has 2 aromatic rings. The number of ether oxygens (including phenoxy) is 2. The van der Waals surface area contributed by atoms with Gasteiger partial charge in [-0.05, 0) is 48.1 Å². The lowest BCUT2D eigenvalue weighted by Crippen LogP contribution is -2.40. The van der Waals surface area contributed by atoms with E-state index in [0.717, 1.165) is 17.5 Å². The number of benzene rings is 2. The lowest BCUT2D eigenvalue weighted by atomic mass is 10.0. The highest BCUT2D eigenvalue weighted by molar-refractivity contribution is 6.04. The average molecular weight is 411 g/mol. The molecule has 0 aromatic heterocycles. The minimum absolute atomic E-state index is 0.0636. The number of hydrogen-bond acceptors (Lipinski definition) is 4. The van der Waals surface area contributed by atoms with Crippen molar-refractivity contribution in [3.8, 4) is 11.5 Å². The van der Waals surface area contributed by atoms with E-state index < -0.39 is 6.04 Å². The molecular formula is C24H30N2O4. The zero-order valence-corrected chi connectivity index (χ0v) is 18.1. The molecule has 6 heteroatoms. The number of carbonyl (C=O) groups is 2. The molecule has 0 bridgehead atoms. The van der Waals surface area contributed by atoms with Crippen molar-refractivity contribution < 1.29 is 19.1 Å². The highest BCUT2D eigenvalue weighted by atomic mass is 16.5. The minimum Gasteiger partial charge on any atom is -0.493 e. The van der Waals surface area contributed by atoms with Crippen molar-refractivity contribution in [3.63, 3.8) is 0 Å². The number of nitrogens with one attached hydrogen (secondary N) is 1. The number of hydrogen-bond donors (Lipinski definition) is 1. The van der Waals surface area contributed by atoms with Crippen LogP contribution in [0.5, 0.6) is 11.5 Å². The van der Waals surface area contributed by atoms with Gasteiger partial charge < -0.3 is 19.7 Å². The molecule has 2 aromatic carbocycles. The van der Waals surface area contributed by atoms with Crippen LogP contribution in [0.3, 0.4) is 0 Å². The van der Waals surface area contributed by atoms with Crippen LogP contribution in [0.15, 0.2) is 42.5 Å². The molecule has 0 saturated carbocycles. The van der Waals surface area contributed by atoms with E-state index >= 15 is 0 Å². The van der Waals surface area contributed by atoms with Crippen molar-refractivity contribution in [1.82, 2.24) is 10.2 Å². The van der Waals surface area contributed by atoms with Crippen LogP contribution >= 0.6 is 0 Å². The van der Waals surface area contributed by atoms with Gasteiger partial charge in [-0.15, -0.1) is 0 Å². The van der Waals surface area contributed by atoms with E-state index in [1.807, 2.05) is 36.4 Å². The molecule has 0 spiro atoms. The van der Waals surface area contributed by atoms with Gasteiger partial charge in [0.2, 0.25) is 5.91 Å². The van der Waals surface area contributed by atoms with Gasteiger partial charge in [0, 0.05) is 18.7 Å². The summed E-state index contributed by atoms with van der Waals surface area (Å²) < 4.78 is 10.6. The molecule has 1 aliphatic heterocycles. The summed E-state index contributed by atoms with van der Waals surface area (Å²) >= 11 is 0. The van der Waals surface area contributed by atoms with E-state index in [1.165, 1.54) is 0 Å². The van der Waals surface area contributed by atoms with Gasteiger partial charge in [-0.1, -0.05) is 38.1 Å². The van der Waals surface area contributed by atoms with Crippen molar-refractivity contribution in [2.45, 2.75) is 32.7 Å². The molecule has 2 amide bonds. The molecule has 30 heavy (non-hydrogen) atoms. The zero-order valence-electron chi connectivity index (χ0n) is 18.1. The molecule has 6 nitrogen and oxygen atoms in total. The third kappa shape index (κ3) is 4.58. The summed E-state index contributed by atoms with van der Waals surface area (Å²) in [7, 11) is 3.20. The van der Waals surface area contributed by atoms with Gasteiger partial charge in [0.15, 0.2) is 11.5 Å². The van der Waals surface area contributed by atoms with Crippen LogP contribution in [0.2, 0.25) is 0 Å². The number of nitrogens with zero attached hydrogens (tertiary/aromatic N) is 1. The van der Waals surface area contributed by atoms with Gasteiger partial charge in [-0.25, -0.2) is 0 Å². The van der Waals surface area contributed by atoms with E-state index in [0.29, 0.717) is 42.5 Å². The van der Waals surface area contributed by atoms with Gasteiger partial charge in [0.1, 0.15) is 6.04 Å². The second-order valence-electron chi connectivity index (χ2n) is 7.90. The maximum atomic E-state index is 13.1. The van der Waals surface area contributed by atoms with Crippen LogP contribution in [-0.2, 0) is 11.2 Å². The highest BCUT2D eigenvalue weighted by Crippen LogP contribution is 2.34. The maximum Gasteiger partial charge on any atom is 0.255 e. The Hall–Kier alpha value is -3.02. The first kappa shape index (κ1) is 21.7. The fourth-order valence-electron chi connectivity index (χ4n) is 3.74. The normalized spacial score (nSPS) is 15.3. The maximum absolute atomic E-state index is 13.1. The number of rotatable bonds is 9. The summed E-state index contributed by atoms with van der Waals surface area (Å²) in [5, 5.41) is 3.01. The highest BCUT2D eigenvalue weighted by Gasteiger charge is 2.40. The summed E-state index contributed by atoms with van der Waals surface area (Å²) in [6.07, 6.45) is 1.51. The third-order valence-corrected chi connectivity index (χ3v) is 5.41. The van der Waals surface area contributed by atoms with Gasteiger partial charge in [0.05, 0.1) is 14.2 Å². The van der Waals surface area contributed by atoms with Crippen LogP contribution in [0, 0.1) is 5.92 Å². The standard InChI is InChI=1S/C24H30N2O4/c1-16(2)12-14-26-22(18-7-5-6-8-19(18)24(26)28)23(27)25-13-11-17-9-10-20(29-3)21(15-17)30-4/h5-10,15-16,22H,11-14H2,1-4H3,(H,25,27)/t22-/m0/s1. The van der Waals surface area contributed by atoms with E-state index in [-0.39, 0.29) is 11.8 Å². The molecule has 0 fully saturated rings. The lowest BCUT2D eigenvalue weighted by molar-refractivity contribution is -0.125. The van der Waals surface area contributed by atoms with Gasteiger partial charge in [-0.2, -0.15) is 0 Å². The van der Waals surface area contributed by atoms with Crippen molar-refractivity contribution in [1.29, 1.82) is 0 Å². The Kier molecular flexibility index (Phi) is 6.98. The first-order valence-electron chi connectivity index (χ1n) is 10.3. The smallest absolute Gasteiger partial charge is 0.255 e. The van der Waals surface area contributed by atoms with Crippen molar-refractivity contribution >= 4 is 11.8 Å². The predicted molar refractivity (Wildman–Crippen MR) is 116 cm³/mol. The van der Waals surface area contributed by atoms with Crippen molar-refractivity contribution in [2.75, 3.05) is 27.3 Å². The second-order valence-corrected chi connectivity index (χ2v) is 7.90. The molecule has 1 N–H and O–H groups in total. The number of amides is 2. The third-order valence-electron chi connectivity index (χ3n) is 5.41. The Morgan fingerprint density at radius 2 is 1.83 bits per heavy atom. The molecule has 0 aliphatic carbocycles. The Balaban J connectivity index is 1.69. The Morgan fingerprint density at radius 3 is 2.53 bits per heavy atom. The molecule has 0 saturated heterocycles. The lowest BCUT2D eigenvalue weighted by Gasteiger charge is -2.25. The summed E-state index contributed by atoms with van der Waals surface area (Å²) in [5.41, 5.74) is 2.45. The molecular weight excluding hydrogens is 380 g/mol. The quantitative estimate of drug-likeness (QED) is 0.686. The van der Waals surface area contributed by atoms with E-state index in [9.17, 15) is 9.59 Å². The fourth-order valence-corrected chi connectivity index (χ4v) is 3.74. The number of methoxy groups -OCH3 is 2. The van der Waals surface area contributed by atoms with Crippen LogP contribution in [0.25, 0.3) is 0 Å². The topological polar surface area (TPSA) is 67.9 Å². The van der Waals surface area contributed by atoms with E-state index in [1.54, 1.807) is 25.2 Å². The van der Waals surface area contributed by atoms with Crippen LogP contribution in [-0.4, -0.2) is 44.0 Å². The molecule has 1 atom stereocenters. The average Bonchev–Trinajstić information content (AvgIpc) is 3.04. The summed E-state index contributed by atoms with van der Waals surface area (Å²) in [5.74, 6) is 1.59. The zero-order chi connectivity index (χ0) is 21.7. The Bertz CT molecular complexity index is 910. The largest absolute Gasteiger partial charge is 0.493 e.